The Hall–Kier alpha value is -2.41. The maximum Gasteiger partial charge on any atom is 0.310 e. The van der Waals surface area contributed by atoms with Gasteiger partial charge in [0.05, 0.1) is 30.4 Å². The highest BCUT2D eigenvalue weighted by molar-refractivity contribution is 5.96. The number of hydrogen-bond acceptors (Lipinski definition) is 5. The summed E-state index contributed by atoms with van der Waals surface area (Å²) < 4.78 is 11.6. The van der Waals surface area contributed by atoms with Gasteiger partial charge in [-0.3, -0.25) is 14.4 Å². The van der Waals surface area contributed by atoms with Gasteiger partial charge in [-0.25, -0.2) is 0 Å². The second-order valence-corrected chi connectivity index (χ2v) is 7.77. The predicted molar refractivity (Wildman–Crippen MR) is 86.8 cm³/mol. The van der Waals surface area contributed by atoms with E-state index in [2.05, 4.69) is 0 Å². The van der Waals surface area contributed by atoms with Crippen molar-refractivity contribution in [3.63, 3.8) is 0 Å². The Morgan fingerprint density at radius 2 is 2.04 bits per heavy atom. The summed E-state index contributed by atoms with van der Waals surface area (Å²) in [6.07, 6.45) is 4.43. The number of nitrogens with zero attached hydrogens (tertiary/aromatic N) is 1. The number of carbonyl (C=O) groups is 3. The summed E-state index contributed by atoms with van der Waals surface area (Å²) in [5.74, 6) is -3.33. The number of fused-ring (bicyclic) bond motifs is 2. The van der Waals surface area contributed by atoms with Crippen LogP contribution < -0.4 is 0 Å². The smallest absolute Gasteiger partial charge is 0.310 e. The van der Waals surface area contributed by atoms with Crippen LogP contribution in [0.25, 0.3) is 0 Å². The number of ether oxygens (including phenoxy) is 1. The fraction of sp³-hybridized carbons (Fsp3) is 0.526. The minimum absolute atomic E-state index is 0.0368. The summed E-state index contributed by atoms with van der Waals surface area (Å²) in [5.41, 5.74) is -1.05. The third-order valence-electron chi connectivity index (χ3n) is 6.63. The van der Waals surface area contributed by atoms with Gasteiger partial charge in [-0.2, -0.15) is 0 Å². The number of furan rings is 1. The Morgan fingerprint density at radius 3 is 2.69 bits per heavy atom. The van der Waals surface area contributed by atoms with E-state index >= 15 is 0 Å². The molecular formula is C19H19NO6. The third-order valence-corrected chi connectivity index (χ3v) is 6.63. The van der Waals surface area contributed by atoms with Crippen molar-refractivity contribution in [3.05, 3.63) is 36.3 Å². The maximum absolute atomic E-state index is 13.4. The van der Waals surface area contributed by atoms with Crippen LogP contribution in [0.5, 0.6) is 0 Å². The molecule has 5 heterocycles. The van der Waals surface area contributed by atoms with Crippen molar-refractivity contribution in [2.24, 2.45) is 23.7 Å². The highest BCUT2D eigenvalue weighted by atomic mass is 16.5. The minimum atomic E-state index is -1.05. The number of carboxylic acid groups (broad SMARTS) is 1. The van der Waals surface area contributed by atoms with Crippen LogP contribution >= 0.6 is 0 Å². The molecule has 8 atom stereocenters. The molecule has 1 spiro atoms. The monoisotopic (exact) mass is 357 g/mol. The number of carboxylic acids is 1. The highest BCUT2D eigenvalue weighted by Gasteiger charge is 2.75. The number of ketones is 1. The Bertz CT molecular complexity index is 844. The zero-order valence-electron chi connectivity index (χ0n) is 14.4. The van der Waals surface area contributed by atoms with Crippen LogP contribution in [0.3, 0.4) is 0 Å². The molecule has 0 aromatic carbocycles. The lowest BCUT2D eigenvalue weighted by Gasteiger charge is -2.46. The number of piperidine rings is 1. The van der Waals surface area contributed by atoms with Crippen molar-refractivity contribution in [1.29, 1.82) is 0 Å². The average Bonchev–Trinajstić information content (AvgIpc) is 3.35. The summed E-state index contributed by atoms with van der Waals surface area (Å²) in [5, 5.41) is 9.68. The molecule has 1 aromatic rings. The van der Waals surface area contributed by atoms with Crippen molar-refractivity contribution in [2.75, 3.05) is 0 Å². The zero-order valence-corrected chi connectivity index (χ0v) is 14.4. The van der Waals surface area contributed by atoms with E-state index < -0.39 is 53.4 Å². The molecule has 1 aromatic heterocycles. The summed E-state index contributed by atoms with van der Waals surface area (Å²) in [6, 6.07) is 2.41. The van der Waals surface area contributed by atoms with Crippen molar-refractivity contribution in [2.45, 2.75) is 37.6 Å². The molecule has 7 nitrogen and oxygen atoms in total. The molecule has 0 unspecified atom stereocenters. The van der Waals surface area contributed by atoms with E-state index in [-0.39, 0.29) is 11.7 Å². The molecule has 3 fully saturated rings. The van der Waals surface area contributed by atoms with E-state index in [1.807, 2.05) is 6.08 Å². The molecular weight excluding hydrogens is 338 g/mol. The van der Waals surface area contributed by atoms with Gasteiger partial charge in [0.15, 0.2) is 0 Å². The molecule has 0 saturated carbocycles. The molecule has 7 heteroatoms. The zero-order chi connectivity index (χ0) is 18.4. The fourth-order valence-electron chi connectivity index (χ4n) is 5.65. The van der Waals surface area contributed by atoms with Crippen LogP contribution in [0.2, 0.25) is 0 Å². The van der Waals surface area contributed by atoms with Crippen LogP contribution in [-0.2, 0) is 19.1 Å². The molecule has 3 saturated heterocycles. The summed E-state index contributed by atoms with van der Waals surface area (Å²) in [6.45, 7) is 3.60. The van der Waals surface area contributed by atoms with E-state index in [4.69, 9.17) is 9.15 Å². The summed E-state index contributed by atoms with van der Waals surface area (Å²) in [4.78, 5) is 39.9. The van der Waals surface area contributed by atoms with E-state index in [0.29, 0.717) is 5.76 Å². The first-order valence-electron chi connectivity index (χ1n) is 8.88. The first-order valence-corrected chi connectivity index (χ1v) is 8.88. The Labute approximate surface area is 149 Å². The topological polar surface area (TPSA) is 97.1 Å². The van der Waals surface area contributed by atoms with E-state index in [0.717, 1.165) is 0 Å². The molecule has 4 aliphatic heterocycles. The number of aliphatic carboxylic acids is 1. The van der Waals surface area contributed by atoms with Gasteiger partial charge in [-0.05, 0) is 12.1 Å². The fourth-order valence-corrected chi connectivity index (χ4v) is 5.65. The largest absolute Gasteiger partial charge is 0.481 e. The molecule has 1 N–H and O–H groups in total. The van der Waals surface area contributed by atoms with Gasteiger partial charge in [-0.1, -0.05) is 26.0 Å². The molecule has 5 rings (SSSR count). The van der Waals surface area contributed by atoms with Gasteiger partial charge >= 0.3 is 5.97 Å². The van der Waals surface area contributed by atoms with Crippen LogP contribution in [0.4, 0.5) is 0 Å². The Kier molecular flexibility index (Phi) is 2.95. The standard InChI is InChI=1S/C19H19NO6/c1-8-14(11-4-3-7-25-11)20-16(9(2)15(8)21)19-6-5-10(26-19)12(18(23)24)13(19)17(20)22/h3-10,12-14,16H,1-2H3,(H,23,24)/t8-,9-,10+,12-,13-,14-,16-,19-/m0/s1. The first-order chi connectivity index (χ1) is 12.4. The number of amides is 1. The van der Waals surface area contributed by atoms with Crippen molar-refractivity contribution in [3.8, 4) is 0 Å². The lowest BCUT2D eigenvalue weighted by molar-refractivity contribution is -0.156. The SMILES string of the molecule is C[C@@H]1C(=O)[C@H](C)[C@@H]2N(C(=O)[C@@H]3[C@@H](C(=O)O)[C@H]4C=C[C@]32O4)[C@@H]1c1ccco1. The molecule has 26 heavy (non-hydrogen) atoms. The van der Waals surface area contributed by atoms with Crippen LogP contribution in [0.15, 0.2) is 35.0 Å². The van der Waals surface area contributed by atoms with Crippen molar-refractivity contribution < 1.29 is 28.6 Å². The molecule has 0 aliphatic carbocycles. The molecule has 2 bridgehead atoms. The molecule has 1 amide bonds. The Morgan fingerprint density at radius 1 is 1.27 bits per heavy atom. The molecule has 4 aliphatic rings. The van der Waals surface area contributed by atoms with E-state index in [9.17, 15) is 19.5 Å². The second kappa shape index (κ2) is 4.85. The predicted octanol–water partition coefficient (Wildman–Crippen LogP) is 1.41. The van der Waals surface area contributed by atoms with Gasteiger partial charge in [0.2, 0.25) is 5.91 Å². The average molecular weight is 357 g/mol. The lowest BCUT2D eigenvalue weighted by atomic mass is 9.69. The van der Waals surface area contributed by atoms with Gasteiger partial charge in [0.25, 0.3) is 0 Å². The van der Waals surface area contributed by atoms with Crippen LogP contribution in [0, 0.1) is 23.7 Å². The van der Waals surface area contributed by atoms with E-state index in [1.165, 1.54) is 6.26 Å². The van der Waals surface area contributed by atoms with Gasteiger partial charge in [0, 0.05) is 11.8 Å². The normalized spacial score (nSPS) is 45.9. The van der Waals surface area contributed by atoms with Crippen molar-refractivity contribution in [1.82, 2.24) is 4.90 Å². The Balaban J connectivity index is 1.69. The van der Waals surface area contributed by atoms with Crippen molar-refractivity contribution >= 4 is 17.7 Å². The summed E-state index contributed by atoms with van der Waals surface area (Å²) in [7, 11) is 0. The number of carbonyl (C=O) groups excluding carboxylic acids is 2. The number of rotatable bonds is 2. The van der Waals surface area contributed by atoms with Crippen LogP contribution in [-0.4, -0.2) is 45.4 Å². The number of hydrogen-bond donors (Lipinski definition) is 1. The minimum Gasteiger partial charge on any atom is -0.481 e. The lowest BCUT2D eigenvalue weighted by Crippen LogP contribution is -2.58. The second-order valence-electron chi connectivity index (χ2n) is 7.77. The quantitative estimate of drug-likeness (QED) is 0.804. The van der Waals surface area contributed by atoms with Gasteiger partial charge in [0.1, 0.15) is 23.1 Å². The van der Waals surface area contributed by atoms with E-state index in [1.54, 1.807) is 37.0 Å². The van der Waals surface area contributed by atoms with Gasteiger partial charge < -0.3 is 19.2 Å². The summed E-state index contributed by atoms with van der Waals surface area (Å²) >= 11 is 0. The third kappa shape index (κ3) is 1.60. The number of Topliss-reactive ketones (excluding diaryl/α,β-unsaturated/α-hetero) is 1. The highest BCUT2D eigenvalue weighted by Crippen LogP contribution is 2.60. The maximum atomic E-state index is 13.4. The molecule has 0 radical (unpaired) electrons. The first kappa shape index (κ1) is 15.8. The van der Waals surface area contributed by atoms with Crippen LogP contribution in [0.1, 0.15) is 25.6 Å². The molecule has 136 valence electrons. The van der Waals surface area contributed by atoms with Gasteiger partial charge in [-0.15, -0.1) is 0 Å².